The first kappa shape index (κ1) is 13.3. The van der Waals surface area contributed by atoms with E-state index in [1.807, 2.05) is 0 Å². The van der Waals surface area contributed by atoms with Crippen LogP contribution >= 0.6 is 11.6 Å². The molecule has 1 saturated heterocycles. The van der Waals surface area contributed by atoms with E-state index in [0.717, 1.165) is 5.01 Å². The van der Waals surface area contributed by atoms with Gasteiger partial charge in [-0.1, -0.05) is 17.7 Å². The highest BCUT2D eigenvalue weighted by atomic mass is 35.5. The smallest absolute Gasteiger partial charge is 0.155 e. The zero-order valence-corrected chi connectivity index (χ0v) is 10.8. The predicted octanol–water partition coefficient (Wildman–Crippen LogP) is 0.986. The van der Waals surface area contributed by atoms with Gasteiger partial charge in [-0.15, -0.1) is 4.91 Å². The SMILES string of the molecule is O=NN(c1cccc(Cl)c1)C1CS(=O)(=O)CC1O. The number of aliphatic hydroxyl groups is 1. The molecule has 1 N–H and O–H groups in total. The highest BCUT2D eigenvalue weighted by Gasteiger charge is 2.41. The highest BCUT2D eigenvalue weighted by Crippen LogP contribution is 2.27. The Morgan fingerprint density at radius 1 is 1.39 bits per heavy atom. The number of rotatable bonds is 3. The Morgan fingerprint density at radius 2 is 2.11 bits per heavy atom. The highest BCUT2D eigenvalue weighted by molar-refractivity contribution is 7.91. The molecule has 8 heteroatoms. The molecule has 2 rings (SSSR count). The fourth-order valence-electron chi connectivity index (χ4n) is 1.96. The molecule has 0 bridgehead atoms. The van der Waals surface area contributed by atoms with Gasteiger partial charge in [0.25, 0.3) is 0 Å². The summed E-state index contributed by atoms with van der Waals surface area (Å²) in [5, 5.41) is 13.9. The molecule has 0 saturated carbocycles. The van der Waals surface area contributed by atoms with Crippen LogP contribution in [0.3, 0.4) is 0 Å². The van der Waals surface area contributed by atoms with Crippen molar-refractivity contribution in [3.8, 4) is 0 Å². The van der Waals surface area contributed by atoms with E-state index in [1.165, 1.54) is 6.07 Å². The molecule has 1 fully saturated rings. The number of nitrogens with zero attached hydrogens (tertiary/aromatic N) is 2. The minimum atomic E-state index is -3.34. The zero-order chi connectivity index (χ0) is 13.3. The second-order valence-corrected chi connectivity index (χ2v) is 6.71. The van der Waals surface area contributed by atoms with E-state index in [9.17, 15) is 18.4 Å². The molecule has 1 aromatic rings. The van der Waals surface area contributed by atoms with Crippen molar-refractivity contribution in [3.05, 3.63) is 34.2 Å². The molecule has 0 spiro atoms. The first-order chi connectivity index (χ1) is 8.43. The van der Waals surface area contributed by atoms with E-state index >= 15 is 0 Å². The molecule has 2 unspecified atom stereocenters. The molecule has 1 aromatic carbocycles. The summed E-state index contributed by atoms with van der Waals surface area (Å²) in [5.41, 5.74) is 0.360. The average Bonchev–Trinajstić information content (AvgIpc) is 2.54. The third kappa shape index (κ3) is 2.63. The lowest BCUT2D eigenvalue weighted by molar-refractivity contribution is 0.178. The standard InChI is InChI=1S/C10H11ClN2O4S/c11-7-2-1-3-8(4-7)13(12-15)9-5-18(16,17)6-10(9)14/h1-4,9-10,14H,5-6H2. The average molecular weight is 291 g/mol. The number of nitroso groups, excluding NO2 is 1. The third-order valence-electron chi connectivity index (χ3n) is 2.77. The third-order valence-corrected chi connectivity index (χ3v) is 4.70. The molecule has 0 aliphatic carbocycles. The van der Waals surface area contributed by atoms with Gasteiger partial charge in [0.1, 0.15) is 0 Å². The van der Waals surface area contributed by atoms with Gasteiger partial charge in [0.15, 0.2) is 9.84 Å². The van der Waals surface area contributed by atoms with E-state index in [2.05, 4.69) is 5.29 Å². The fourth-order valence-corrected chi connectivity index (χ4v) is 3.91. The van der Waals surface area contributed by atoms with Crippen molar-refractivity contribution in [2.24, 2.45) is 5.29 Å². The van der Waals surface area contributed by atoms with Gasteiger partial charge in [-0.2, -0.15) is 0 Å². The molecular formula is C10H11ClN2O4S. The summed E-state index contributed by atoms with van der Waals surface area (Å²) in [6.07, 6.45) is -1.13. The molecule has 2 atom stereocenters. The van der Waals surface area contributed by atoms with Gasteiger partial charge in [0, 0.05) is 5.02 Å². The normalized spacial score (nSPS) is 25.9. The summed E-state index contributed by atoms with van der Waals surface area (Å²) in [4.78, 5) is 10.9. The maximum absolute atomic E-state index is 11.4. The van der Waals surface area contributed by atoms with Gasteiger partial charge < -0.3 is 5.11 Å². The second-order valence-electron chi connectivity index (χ2n) is 4.12. The summed E-state index contributed by atoms with van der Waals surface area (Å²) in [7, 11) is -3.34. The fraction of sp³-hybridized carbons (Fsp3) is 0.400. The molecule has 1 heterocycles. The Balaban J connectivity index is 2.33. The molecule has 0 aromatic heterocycles. The molecule has 1 aliphatic rings. The van der Waals surface area contributed by atoms with Crippen LogP contribution in [0.25, 0.3) is 0 Å². The first-order valence-electron chi connectivity index (χ1n) is 5.19. The quantitative estimate of drug-likeness (QED) is 0.662. The number of anilines is 1. The number of sulfone groups is 1. The van der Waals surface area contributed by atoms with E-state index in [4.69, 9.17) is 11.6 Å². The van der Waals surface area contributed by atoms with E-state index < -0.39 is 22.0 Å². The minimum absolute atomic E-state index is 0.299. The molecule has 0 amide bonds. The van der Waals surface area contributed by atoms with Crippen LogP contribution in [0.5, 0.6) is 0 Å². The second kappa shape index (κ2) is 4.83. The van der Waals surface area contributed by atoms with Gasteiger partial charge in [-0.25, -0.2) is 13.4 Å². The van der Waals surface area contributed by atoms with E-state index in [-0.39, 0.29) is 11.5 Å². The van der Waals surface area contributed by atoms with Crippen molar-refractivity contribution in [1.82, 2.24) is 0 Å². The lowest BCUT2D eigenvalue weighted by Gasteiger charge is -2.23. The predicted molar refractivity (Wildman–Crippen MR) is 68.2 cm³/mol. The number of hydrogen-bond acceptors (Lipinski definition) is 5. The van der Waals surface area contributed by atoms with Crippen LogP contribution in [0.4, 0.5) is 5.69 Å². The summed E-state index contributed by atoms with van der Waals surface area (Å²) in [6, 6.07) is 5.43. The van der Waals surface area contributed by atoms with Gasteiger partial charge in [0.05, 0.1) is 34.6 Å². The number of hydrogen-bond donors (Lipinski definition) is 1. The van der Waals surface area contributed by atoms with Crippen molar-refractivity contribution in [3.63, 3.8) is 0 Å². The van der Waals surface area contributed by atoms with Gasteiger partial charge in [-0.05, 0) is 18.2 Å². The Hall–Kier alpha value is -1.18. The molecule has 18 heavy (non-hydrogen) atoms. The summed E-state index contributed by atoms with van der Waals surface area (Å²) < 4.78 is 22.8. The number of benzene rings is 1. The Bertz CT molecular complexity index is 563. The molecule has 1 aliphatic heterocycles. The van der Waals surface area contributed by atoms with Crippen molar-refractivity contribution in [2.75, 3.05) is 16.5 Å². The Labute approximate surface area is 109 Å². The van der Waals surface area contributed by atoms with Gasteiger partial charge >= 0.3 is 0 Å². The Kier molecular flexibility index (Phi) is 3.56. The maximum Gasteiger partial charge on any atom is 0.155 e. The lowest BCUT2D eigenvalue weighted by atomic mass is 10.2. The molecule has 98 valence electrons. The number of halogens is 1. The van der Waals surface area contributed by atoms with Crippen LogP contribution < -0.4 is 5.01 Å². The van der Waals surface area contributed by atoms with Crippen molar-refractivity contribution in [1.29, 1.82) is 0 Å². The molecule has 6 nitrogen and oxygen atoms in total. The largest absolute Gasteiger partial charge is 0.390 e. The Morgan fingerprint density at radius 3 is 2.61 bits per heavy atom. The zero-order valence-electron chi connectivity index (χ0n) is 9.23. The first-order valence-corrected chi connectivity index (χ1v) is 7.39. The summed E-state index contributed by atoms with van der Waals surface area (Å²) in [6.45, 7) is 0. The van der Waals surface area contributed by atoms with E-state index in [0.29, 0.717) is 10.7 Å². The monoisotopic (exact) mass is 290 g/mol. The van der Waals surface area contributed by atoms with E-state index in [1.54, 1.807) is 18.2 Å². The molecular weight excluding hydrogens is 280 g/mol. The van der Waals surface area contributed by atoms with Crippen LogP contribution in [0, 0.1) is 4.91 Å². The van der Waals surface area contributed by atoms with Gasteiger partial charge in [-0.3, -0.25) is 0 Å². The molecule has 0 radical (unpaired) electrons. The summed E-state index contributed by atoms with van der Waals surface area (Å²) >= 11 is 5.79. The van der Waals surface area contributed by atoms with Crippen molar-refractivity contribution < 1.29 is 13.5 Å². The summed E-state index contributed by atoms with van der Waals surface area (Å²) in [5.74, 6) is -0.656. The topological polar surface area (TPSA) is 87.0 Å². The van der Waals surface area contributed by atoms with Crippen molar-refractivity contribution in [2.45, 2.75) is 12.1 Å². The maximum atomic E-state index is 11.4. The minimum Gasteiger partial charge on any atom is -0.390 e. The van der Waals surface area contributed by atoms with Crippen LogP contribution in [0.2, 0.25) is 5.02 Å². The van der Waals surface area contributed by atoms with Crippen LogP contribution in [0.1, 0.15) is 0 Å². The number of aliphatic hydroxyl groups excluding tert-OH is 1. The van der Waals surface area contributed by atoms with Crippen LogP contribution in [-0.4, -0.2) is 37.2 Å². The van der Waals surface area contributed by atoms with Crippen LogP contribution in [-0.2, 0) is 9.84 Å². The van der Waals surface area contributed by atoms with Gasteiger partial charge in [0.2, 0.25) is 0 Å². The van der Waals surface area contributed by atoms with Crippen molar-refractivity contribution >= 4 is 27.1 Å². The van der Waals surface area contributed by atoms with Crippen LogP contribution in [0.15, 0.2) is 29.6 Å². The lowest BCUT2D eigenvalue weighted by Crippen LogP contribution is -2.39.